The highest BCUT2D eigenvalue weighted by molar-refractivity contribution is 8.27. The van der Waals surface area contributed by atoms with Crippen LogP contribution in [0.3, 0.4) is 0 Å². The van der Waals surface area contributed by atoms with Crippen molar-refractivity contribution in [3.63, 3.8) is 0 Å². The molecule has 0 aliphatic carbocycles. The van der Waals surface area contributed by atoms with Crippen LogP contribution in [0.15, 0.2) is 71.6 Å². The Morgan fingerprint density at radius 3 is 2.30 bits per heavy atom. The van der Waals surface area contributed by atoms with Crippen molar-refractivity contribution in [3.8, 4) is 5.75 Å². The molecule has 1 amide bonds. The number of benzene rings is 3. The van der Waals surface area contributed by atoms with Crippen molar-refractivity contribution >= 4 is 75.1 Å². The first-order chi connectivity index (χ1) is 15.8. The Hall–Kier alpha value is -2.84. The van der Waals surface area contributed by atoms with Crippen LogP contribution < -0.4 is 9.64 Å². The molecular formula is C24H15Cl2NO4S2. The largest absolute Gasteiger partial charge is 0.486 e. The highest BCUT2D eigenvalue weighted by Crippen LogP contribution is 2.39. The van der Waals surface area contributed by atoms with Crippen molar-refractivity contribution in [2.24, 2.45) is 0 Å². The highest BCUT2D eigenvalue weighted by Gasteiger charge is 2.33. The minimum absolute atomic E-state index is 0.161. The van der Waals surface area contributed by atoms with Gasteiger partial charge in [0.2, 0.25) is 0 Å². The summed E-state index contributed by atoms with van der Waals surface area (Å²) in [5.41, 5.74) is 2.30. The summed E-state index contributed by atoms with van der Waals surface area (Å²) in [6.07, 6.45) is 1.69. The van der Waals surface area contributed by atoms with E-state index >= 15 is 0 Å². The minimum Gasteiger partial charge on any atom is -0.486 e. The number of hydrogen-bond acceptors (Lipinski definition) is 5. The summed E-state index contributed by atoms with van der Waals surface area (Å²) >= 11 is 19.4. The van der Waals surface area contributed by atoms with Gasteiger partial charge in [0.15, 0.2) is 10.1 Å². The van der Waals surface area contributed by atoms with Crippen molar-refractivity contribution in [1.29, 1.82) is 0 Å². The smallest absolute Gasteiger partial charge is 0.335 e. The first-order valence-corrected chi connectivity index (χ1v) is 11.6. The van der Waals surface area contributed by atoms with Gasteiger partial charge < -0.3 is 9.84 Å². The molecule has 0 saturated carbocycles. The number of thiocarbonyl (C=S) groups is 1. The molecular weight excluding hydrogens is 501 g/mol. The maximum atomic E-state index is 12.9. The molecule has 1 aliphatic heterocycles. The predicted molar refractivity (Wildman–Crippen MR) is 136 cm³/mol. The highest BCUT2D eigenvalue weighted by atomic mass is 35.5. The van der Waals surface area contributed by atoms with Crippen LogP contribution >= 0.6 is 47.2 Å². The number of aromatic carboxylic acids is 1. The summed E-state index contributed by atoms with van der Waals surface area (Å²) in [4.78, 5) is 25.8. The maximum absolute atomic E-state index is 12.9. The topological polar surface area (TPSA) is 66.8 Å². The zero-order chi connectivity index (χ0) is 23.5. The third-order valence-electron chi connectivity index (χ3n) is 4.71. The van der Waals surface area contributed by atoms with Crippen molar-refractivity contribution in [1.82, 2.24) is 0 Å². The van der Waals surface area contributed by atoms with Gasteiger partial charge in [-0.2, -0.15) is 0 Å². The molecule has 1 fully saturated rings. The molecule has 166 valence electrons. The lowest BCUT2D eigenvalue weighted by Crippen LogP contribution is -2.27. The quantitative estimate of drug-likeness (QED) is 0.291. The van der Waals surface area contributed by atoms with Crippen molar-refractivity contribution in [2.75, 3.05) is 4.90 Å². The van der Waals surface area contributed by atoms with E-state index in [4.69, 9.17) is 45.3 Å². The van der Waals surface area contributed by atoms with Gasteiger partial charge >= 0.3 is 5.97 Å². The lowest BCUT2D eigenvalue weighted by atomic mass is 10.1. The fourth-order valence-corrected chi connectivity index (χ4v) is 5.03. The number of carbonyl (C=O) groups is 2. The summed E-state index contributed by atoms with van der Waals surface area (Å²) in [6.45, 7) is 0.161. The van der Waals surface area contributed by atoms with Gasteiger partial charge in [-0.15, -0.1) is 0 Å². The summed E-state index contributed by atoms with van der Waals surface area (Å²) in [6, 6.07) is 18.8. The first kappa shape index (κ1) is 23.3. The number of amides is 1. The van der Waals surface area contributed by atoms with Crippen molar-refractivity contribution in [3.05, 3.63) is 98.4 Å². The lowest BCUT2D eigenvalue weighted by molar-refractivity contribution is -0.113. The molecule has 0 radical (unpaired) electrons. The van der Waals surface area contributed by atoms with E-state index in [9.17, 15) is 9.59 Å². The van der Waals surface area contributed by atoms with Crippen LogP contribution in [-0.2, 0) is 11.4 Å². The molecule has 1 heterocycles. The Kier molecular flexibility index (Phi) is 7.05. The summed E-state index contributed by atoms with van der Waals surface area (Å²) in [5, 5.41) is 9.56. The van der Waals surface area contributed by atoms with Crippen LogP contribution in [0, 0.1) is 0 Å². The number of thioether (sulfide) groups is 1. The second kappa shape index (κ2) is 9.97. The standard InChI is InChI=1S/C24H15Cl2NO4S2/c25-18-10-15(12-20-22(28)27(24(32)33-20)17-4-2-1-3-5-17)11-19(26)21(18)31-13-14-6-8-16(9-7-14)23(29)30/h1-12H,13H2,(H,29,30)/b20-12+. The summed E-state index contributed by atoms with van der Waals surface area (Å²) in [5.74, 6) is -0.909. The Morgan fingerprint density at radius 1 is 1.06 bits per heavy atom. The third kappa shape index (κ3) is 5.23. The van der Waals surface area contributed by atoms with E-state index in [0.717, 1.165) is 5.56 Å². The van der Waals surface area contributed by atoms with Crippen LogP contribution in [-0.4, -0.2) is 21.3 Å². The molecule has 9 heteroatoms. The van der Waals surface area contributed by atoms with Gasteiger partial charge in [-0.3, -0.25) is 9.69 Å². The van der Waals surface area contributed by atoms with E-state index in [1.165, 1.54) is 28.8 Å². The zero-order valence-corrected chi connectivity index (χ0v) is 20.0. The number of rotatable bonds is 6. The second-order valence-electron chi connectivity index (χ2n) is 6.96. The number of carboxylic acids is 1. The molecule has 3 aromatic carbocycles. The normalized spacial score (nSPS) is 14.7. The molecule has 0 aromatic heterocycles. The zero-order valence-electron chi connectivity index (χ0n) is 16.8. The molecule has 0 unspecified atom stereocenters. The number of carbonyl (C=O) groups excluding carboxylic acids is 1. The van der Waals surface area contributed by atoms with Crippen LogP contribution in [0.1, 0.15) is 21.5 Å². The first-order valence-electron chi connectivity index (χ1n) is 9.60. The number of halogens is 2. The van der Waals surface area contributed by atoms with E-state index in [0.29, 0.717) is 26.2 Å². The molecule has 33 heavy (non-hydrogen) atoms. The maximum Gasteiger partial charge on any atom is 0.335 e. The SMILES string of the molecule is O=C(O)c1ccc(COc2c(Cl)cc(/C=C3/SC(=S)N(c4ccccc4)C3=O)cc2Cl)cc1. The molecule has 5 nitrogen and oxygen atoms in total. The monoisotopic (exact) mass is 515 g/mol. The van der Waals surface area contributed by atoms with Crippen LogP contribution in [0.4, 0.5) is 5.69 Å². The second-order valence-corrected chi connectivity index (χ2v) is 9.45. The van der Waals surface area contributed by atoms with Gasteiger partial charge in [0.25, 0.3) is 5.91 Å². The van der Waals surface area contributed by atoms with Gasteiger partial charge in [0.1, 0.15) is 6.61 Å². The Labute approximate surface area is 209 Å². The average molecular weight is 516 g/mol. The van der Waals surface area contributed by atoms with Gasteiger partial charge in [-0.05, 0) is 53.6 Å². The fourth-order valence-electron chi connectivity index (χ4n) is 3.12. The van der Waals surface area contributed by atoms with Gasteiger partial charge in [-0.1, -0.05) is 77.5 Å². The Bertz CT molecular complexity index is 1250. The number of ether oxygens (including phenoxy) is 1. The fraction of sp³-hybridized carbons (Fsp3) is 0.0417. The number of carboxylic acid groups (broad SMARTS) is 1. The van der Waals surface area contributed by atoms with Crippen LogP contribution in [0.2, 0.25) is 10.0 Å². The number of hydrogen-bond donors (Lipinski definition) is 1. The Balaban J connectivity index is 1.51. The number of para-hydroxylation sites is 1. The molecule has 0 spiro atoms. The van der Waals surface area contributed by atoms with Crippen LogP contribution in [0.25, 0.3) is 6.08 Å². The van der Waals surface area contributed by atoms with Gasteiger partial charge in [-0.25, -0.2) is 4.79 Å². The number of nitrogens with zero attached hydrogens (tertiary/aromatic N) is 1. The van der Waals surface area contributed by atoms with E-state index in [1.54, 1.807) is 30.3 Å². The molecule has 1 N–H and O–H groups in total. The molecule has 1 aliphatic rings. The Morgan fingerprint density at radius 2 is 1.70 bits per heavy atom. The predicted octanol–water partition coefficient (Wildman–Crippen LogP) is 6.68. The molecule has 3 aromatic rings. The van der Waals surface area contributed by atoms with E-state index in [1.807, 2.05) is 30.3 Å². The average Bonchev–Trinajstić information content (AvgIpc) is 3.06. The summed E-state index contributed by atoms with van der Waals surface area (Å²) in [7, 11) is 0. The third-order valence-corrected chi connectivity index (χ3v) is 6.57. The molecule has 0 bridgehead atoms. The lowest BCUT2D eigenvalue weighted by Gasteiger charge is -2.14. The van der Waals surface area contributed by atoms with E-state index in [-0.39, 0.29) is 28.1 Å². The van der Waals surface area contributed by atoms with E-state index in [2.05, 4.69) is 0 Å². The van der Waals surface area contributed by atoms with Gasteiger partial charge in [0.05, 0.1) is 26.2 Å². The van der Waals surface area contributed by atoms with Crippen molar-refractivity contribution in [2.45, 2.75) is 6.61 Å². The summed E-state index contributed by atoms with van der Waals surface area (Å²) < 4.78 is 6.21. The van der Waals surface area contributed by atoms with Gasteiger partial charge in [0, 0.05) is 0 Å². The number of anilines is 1. The minimum atomic E-state index is -0.996. The van der Waals surface area contributed by atoms with Crippen LogP contribution in [0.5, 0.6) is 5.75 Å². The van der Waals surface area contributed by atoms with E-state index < -0.39 is 5.97 Å². The molecule has 0 atom stereocenters. The molecule has 1 saturated heterocycles. The van der Waals surface area contributed by atoms with Crippen molar-refractivity contribution < 1.29 is 19.4 Å². The molecule has 4 rings (SSSR count).